The Balaban J connectivity index is 1.96. The van der Waals surface area contributed by atoms with Gasteiger partial charge < -0.3 is 0 Å². The van der Waals surface area contributed by atoms with Crippen molar-refractivity contribution in [1.82, 2.24) is 0 Å². The van der Waals surface area contributed by atoms with Crippen molar-refractivity contribution < 1.29 is 4.79 Å². The highest BCUT2D eigenvalue weighted by Gasteiger charge is 2.24. The predicted molar refractivity (Wildman–Crippen MR) is 66.6 cm³/mol. The number of hydrogen-bond donors (Lipinski definition) is 0. The molecule has 2 rings (SSSR count). The minimum Gasteiger partial charge on any atom is -0.299 e. The molecular weight excluding hydrogens is 196 g/mol. The third-order valence-corrected chi connectivity index (χ3v) is 3.83. The highest BCUT2D eigenvalue weighted by atomic mass is 16.1. The molecule has 0 atom stereocenters. The first-order chi connectivity index (χ1) is 7.68. The van der Waals surface area contributed by atoms with E-state index in [4.69, 9.17) is 0 Å². The molecule has 0 amide bonds. The van der Waals surface area contributed by atoms with Gasteiger partial charge in [0, 0.05) is 12.3 Å². The van der Waals surface area contributed by atoms with E-state index in [2.05, 4.69) is 32.0 Å². The van der Waals surface area contributed by atoms with Crippen LogP contribution in [0, 0.1) is 19.8 Å². The largest absolute Gasteiger partial charge is 0.299 e. The van der Waals surface area contributed by atoms with E-state index in [0.29, 0.717) is 11.7 Å². The molecule has 1 aromatic carbocycles. The molecule has 1 aliphatic carbocycles. The minimum atomic E-state index is 0.393. The van der Waals surface area contributed by atoms with Crippen LogP contribution in [0.1, 0.15) is 42.4 Å². The van der Waals surface area contributed by atoms with Crippen LogP contribution in [-0.2, 0) is 11.2 Å². The SMILES string of the molecule is Cc1cccc(C)c1CCC(=O)C1CCC1. The summed E-state index contributed by atoms with van der Waals surface area (Å²) in [4.78, 5) is 11.8. The van der Waals surface area contributed by atoms with Crippen LogP contribution in [0.15, 0.2) is 18.2 Å². The van der Waals surface area contributed by atoms with Gasteiger partial charge in [-0.05, 0) is 49.8 Å². The molecule has 0 bridgehead atoms. The Morgan fingerprint density at radius 1 is 1.25 bits per heavy atom. The average molecular weight is 216 g/mol. The molecule has 1 saturated carbocycles. The first-order valence-electron chi connectivity index (χ1n) is 6.26. The maximum Gasteiger partial charge on any atom is 0.136 e. The summed E-state index contributed by atoms with van der Waals surface area (Å²) in [6.07, 6.45) is 5.17. The Bertz CT molecular complexity index is 368. The van der Waals surface area contributed by atoms with Crippen LogP contribution in [0.3, 0.4) is 0 Å². The van der Waals surface area contributed by atoms with Crippen molar-refractivity contribution in [1.29, 1.82) is 0 Å². The molecule has 0 aliphatic heterocycles. The second-order valence-electron chi connectivity index (χ2n) is 4.96. The summed E-state index contributed by atoms with van der Waals surface area (Å²) in [5.41, 5.74) is 4.01. The van der Waals surface area contributed by atoms with Crippen LogP contribution in [0.25, 0.3) is 0 Å². The zero-order chi connectivity index (χ0) is 11.5. The molecule has 1 aliphatic rings. The smallest absolute Gasteiger partial charge is 0.136 e. The van der Waals surface area contributed by atoms with E-state index in [0.717, 1.165) is 25.7 Å². The zero-order valence-electron chi connectivity index (χ0n) is 10.3. The number of hydrogen-bond acceptors (Lipinski definition) is 1. The maximum absolute atomic E-state index is 11.8. The van der Waals surface area contributed by atoms with E-state index >= 15 is 0 Å². The number of rotatable bonds is 4. The van der Waals surface area contributed by atoms with Crippen molar-refractivity contribution >= 4 is 5.78 Å². The third kappa shape index (κ3) is 2.34. The fourth-order valence-electron chi connectivity index (χ4n) is 2.43. The molecule has 0 radical (unpaired) electrons. The highest BCUT2D eigenvalue weighted by Crippen LogP contribution is 2.29. The number of carbonyl (C=O) groups excluding carboxylic acids is 1. The van der Waals surface area contributed by atoms with Crippen molar-refractivity contribution in [3.8, 4) is 0 Å². The van der Waals surface area contributed by atoms with E-state index < -0.39 is 0 Å². The second-order valence-corrected chi connectivity index (χ2v) is 4.96. The van der Waals surface area contributed by atoms with E-state index in [1.165, 1.54) is 23.1 Å². The van der Waals surface area contributed by atoms with Crippen LogP contribution >= 0.6 is 0 Å². The van der Waals surface area contributed by atoms with Crippen molar-refractivity contribution in [3.63, 3.8) is 0 Å². The topological polar surface area (TPSA) is 17.1 Å². The third-order valence-electron chi connectivity index (χ3n) is 3.83. The first kappa shape index (κ1) is 11.4. The van der Waals surface area contributed by atoms with Crippen molar-refractivity contribution in [2.45, 2.75) is 46.0 Å². The Morgan fingerprint density at radius 2 is 1.88 bits per heavy atom. The summed E-state index contributed by atoms with van der Waals surface area (Å²) in [7, 11) is 0. The van der Waals surface area contributed by atoms with Gasteiger partial charge in [-0.1, -0.05) is 24.6 Å². The standard InChI is InChI=1S/C15H20O/c1-11-5-3-6-12(2)14(11)9-10-15(16)13-7-4-8-13/h3,5-6,13H,4,7-10H2,1-2H3. The van der Waals surface area contributed by atoms with Gasteiger partial charge in [0.1, 0.15) is 5.78 Å². The monoisotopic (exact) mass is 216 g/mol. The van der Waals surface area contributed by atoms with Crippen molar-refractivity contribution in [3.05, 3.63) is 34.9 Å². The predicted octanol–water partition coefficient (Wildman–Crippen LogP) is 3.61. The first-order valence-corrected chi connectivity index (χ1v) is 6.26. The molecule has 0 aromatic heterocycles. The normalized spacial score (nSPS) is 15.9. The molecular formula is C15H20O. The van der Waals surface area contributed by atoms with Gasteiger partial charge in [-0.15, -0.1) is 0 Å². The lowest BCUT2D eigenvalue weighted by Crippen LogP contribution is -2.22. The zero-order valence-corrected chi connectivity index (χ0v) is 10.3. The summed E-state index contributed by atoms with van der Waals surface area (Å²) >= 11 is 0. The van der Waals surface area contributed by atoms with E-state index in [1.54, 1.807) is 0 Å². The van der Waals surface area contributed by atoms with E-state index in [1.807, 2.05) is 0 Å². The molecule has 0 spiro atoms. The average Bonchev–Trinajstić information content (AvgIpc) is 2.14. The Hall–Kier alpha value is -1.11. The van der Waals surface area contributed by atoms with Gasteiger partial charge in [-0.3, -0.25) is 4.79 Å². The number of Topliss-reactive ketones (excluding diaryl/α,β-unsaturated/α-hetero) is 1. The number of benzene rings is 1. The molecule has 0 N–H and O–H groups in total. The lowest BCUT2D eigenvalue weighted by Gasteiger charge is -2.24. The van der Waals surface area contributed by atoms with Crippen LogP contribution in [0.4, 0.5) is 0 Å². The summed E-state index contributed by atoms with van der Waals surface area (Å²) in [5.74, 6) is 0.873. The lowest BCUT2D eigenvalue weighted by atomic mass is 9.80. The molecule has 0 unspecified atom stereocenters. The van der Waals surface area contributed by atoms with Crippen LogP contribution in [-0.4, -0.2) is 5.78 Å². The molecule has 86 valence electrons. The number of ketones is 1. The second kappa shape index (κ2) is 4.82. The molecule has 1 heteroatoms. The van der Waals surface area contributed by atoms with Gasteiger partial charge in [-0.2, -0.15) is 0 Å². The fourth-order valence-corrected chi connectivity index (χ4v) is 2.43. The van der Waals surface area contributed by atoms with E-state index in [9.17, 15) is 4.79 Å². The van der Waals surface area contributed by atoms with Crippen molar-refractivity contribution in [2.75, 3.05) is 0 Å². The van der Waals surface area contributed by atoms with Gasteiger partial charge in [0.05, 0.1) is 0 Å². The molecule has 16 heavy (non-hydrogen) atoms. The van der Waals surface area contributed by atoms with Gasteiger partial charge in [0.25, 0.3) is 0 Å². The molecule has 0 heterocycles. The molecule has 0 saturated heterocycles. The summed E-state index contributed by atoms with van der Waals surface area (Å²) in [6, 6.07) is 6.36. The quantitative estimate of drug-likeness (QED) is 0.751. The maximum atomic E-state index is 11.8. The summed E-state index contributed by atoms with van der Waals surface area (Å²) in [5, 5.41) is 0. The Morgan fingerprint density at radius 3 is 2.38 bits per heavy atom. The van der Waals surface area contributed by atoms with E-state index in [-0.39, 0.29) is 0 Å². The molecule has 1 aromatic rings. The Kier molecular flexibility index (Phi) is 3.42. The summed E-state index contributed by atoms with van der Waals surface area (Å²) in [6.45, 7) is 4.27. The van der Waals surface area contributed by atoms with Crippen molar-refractivity contribution in [2.24, 2.45) is 5.92 Å². The van der Waals surface area contributed by atoms with Crippen LogP contribution in [0.5, 0.6) is 0 Å². The molecule has 1 nitrogen and oxygen atoms in total. The van der Waals surface area contributed by atoms with Crippen LogP contribution in [0.2, 0.25) is 0 Å². The van der Waals surface area contributed by atoms with Gasteiger partial charge in [0.15, 0.2) is 0 Å². The van der Waals surface area contributed by atoms with Gasteiger partial charge >= 0.3 is 0 Å². The number of carbonyl (C=O) groups is 1. The lowest BCUT2D eigenvalue weighted by molar-refractivity contribution is -0.125. The molecule has 1 fully saturated rings. The highest BCUT2D eigenvalue weighted by molar-refractivity contribution is 5.82. The summed E-state index contributed by atoms with van der Waals surface area (Å²) < 4.78 is 0. The van der Waals surface area contributed by atoms with Crippen LogP contribution < -0.4 is 0 Å². The minimum absolute atomic E-state index is 0.393. The fraction of sp³-hybridized carbons (Fsp3) is 0.533. The number of aryl methyl sites for hydroxylation is 2. The van der Waals surface area contributed by atoms with Gasteiger partial charge in [0.2, 0.25) is 0 Å². The Labute approximate surface area is 97.9 Å². The van der Waals surface area contributed by atoms with Gasteiger partial charge in [-0.25, -0.2) is 0 Å².